The Morgan fingerprint density at radius 2 is 1.77 bits per heavy atom. The molecule has 2 aromatic carbocycles. The maximum atomic E-state index is 12.9. The van der Waals surface area contributed by atoms with Crippen molar-refractivity contribution in [1.29, 1.82) is 0 Å². The number of nitrogens with one attached hydrogen (secondary N) is 3. The van der Waals surface area contributed by atoms with Crippen molar-refractivity contribution in [2.24, 2.45) is 0 Å². The largest absolute Gasteiger partial charge is 0.495 e. The third-order valence-electron chi connectivity index (χ3n) is 6.06. The lowest BCUT2D eigenvalue weighted by atomic mass is 10.1. The number of likely N-dealkylation sites (N-methyl/N-ethyl adjacent to an activating group) is 1. The highest BCUT2D eigenvalue weighted by Crippen LogP contribution is 2.27. The Morgan fingerprint density at radius 1 is 1.07 bits per heavy atom. The lowest BCUT2D eigenvalue weighted by Gasteiger charge is -2.17. The van der Waals surface area contributed by atoms with Crippen LogP contribution in [0.5, 0.6) is 5.75 Å². The molecule has 0 spiro atoms. The maximum Gasteiger partial charge on any atom is 0.326 e. The van der Waals surface area contributed by atoms with Crippen LogP contribution in [0.1, 0.15) is 35.4 Å². The first kappa shape index (κ1) is 29.7. The van der Waals surface area contributed by atoms with Crippen LogP contribution < -0.4 is 20.7 Å². The van der Waals surface area contributed by atoms with Gasteiger partial charge in [-0.05, 0) is 43.2 Å². The third kappa shape index (κ3) is 8.06. The molecule has 0 saturated carbocycles. The summed E-state index contributed by atoms with van der Waals surface area (Å²) >= 11 is 0. The molecule has 3 aromatic rings. The van der Waals surface area contributed by atoms with E-state index < -0.39 is 23.9 Å². The number of carboxylic acids is 1. The molecule has 1 heterocycles. The molecule has 0 radical (unpaired) electrons. The van der Waals surface area contributed by atoms with Crippen LogP contribution in [0.2, 0.25) is 0 Å². The Kier molecular flexibility index (Phi) is 9.85. The maximum absolute atomic E-state index is 12.9. The Bertz CT molecular complexity index is 1400. The lowest BCUT2D eigenvalue weighted by Crippen LogP contribution is -2.41. The summed E-state index contributed by atoms with van der Waals surface area (Å²) in [5.74, 6) is -0.931. The molecule has 1 aromatic heterocycles. The zero-order chi connectivity index (χ0) is 29.4. The molecular weight excluding hydrogens is 518 g/mol. The van der Waals surface area contributed by atoms with Crippen molar-refractivity contribution in [3.8, 4) is 5.75 Å². The van der Waals surface area contributed by atoms with Crippen molar-refractivity contribution in [3.05, 3.63) is 70.9 Å². The van der Waals surface area contributed by atoms with Crippen LogP contribution in [0.15, 0.2) is 46.9 Å². The van der Waals surface area contributed by atoms with Gasteiger partial charge in [-0.15, -0.1) is 0 Å². The number of urea groups is 1. The molecule has 12 nitrogen and oxygen atoms in total. The van der Waals surface area contributed by atoms with Crippen LogP contribution in [0.3, 0.4) is 0 Å². The smallest absolute Gasteiger partial charge is 0.326 e. The first-order valence-electron chi connectivity index (χ1n) is 12.5. The van der Waals surface area contributed by atoms with Gasteiger partial charge in [-0.2, -0.15) is 0 Å². The Morgan fingerprint density at radius 3 is 2.42 bits per heavy atom. The number of carboxylic acid groups (broad SMARTS) is 1. The molecule has 0 aliphatic carbocycles. The van der Waals surface area contributed by atoms with E-state index in [2.05, 4.69) is 20.9 Å². The molecule has 0 fully saturated rings. The minimum absolute atomic E-state index is 0.0543. The number of anilines is 2. The minimum atomic E-state index is -1.19. The van der Waals surface area contributed by atoms with E-state index in [4.69, 9.17) is 9.15 Å². The monoisotopic (exact) mass is 551 g/mol. The summed E-state index contributed by atoms with van der Waals surface area (Å²) in [6.07, 6.45) is -0.0206. The van der Waals surface area contributed by atoms with Gasteiger partial charge in [0.2, 0.25) is 17.7 Å². The first-order valence-corrected chi connectivity index (χ1v) is 12.5. The predicted molar refractivity (Wildman–Crippen MR) is 147 cm³/mol. The second kappa shape index (κ2) is 13.3. The summed E-state index contributed by atoms with van der Waals surface area (Å²) in [5, 5.41) is 17.3. The van der Waals surface area contributed by atoms with Crippen molar-refractivity contribution in [3.63, 3.8) is 0 Å². The van der Waals surface area contributed by atoms with Crippen molar-refractivity contribution >= 4 is 35.2 Å². The van der Waals surface area contributed by atoms with E-state index in [-0.39, 0.29) is 31.2 Å². The fourth-order valence-corrected chi connectivity index (χ4v) is 3.91. The number of carbonyl (C=O) groups excluding carboxylic acids is 3. The number of methoxy groups -OCH3 is 1. The molecule has 4 N–H and O–H groups in total. The zero-order valence-corrected chi connectivity index (χ0v) is 23.0. The van der Waals surface area contributed by atoms with Gasteiger partial charge in [-0.25, -0.2) is 14.6 Å². The van der Waals surface area contributed by atoms with E-state index in [9.17, 15) is 24.3 Å². The summed E-state index contributed by atoms with van der Waals surface area (Å²) < 4.78 is 11.1. The number of para-hydroxylation sites is 1. The van der Waals surface area contributed by atoms with Gasteiger partial charge in [0.05, 0.1) is 31.5 Å². The molecule has 0 aliphatic heterocycles. The highest BCUT2D eigenvalue weighted by Gasteiger charge is 2.24. The van der Waals surface area contributed by atoms with E-state index in [0.29, 0.717) is 34.1 Å². The van der Waals surface area contributed by atoms with Gasteiger partial charge >= 0.3 is 12.0 Å². The highest BCUT2D eigenvalue weighted by molar-refractivity contribution is 6.01. The quantitative estimate of drug-likeness (QED) is 0.282. The summed E-state index contributed by atoms with van der Waals surface area (Å²) in [7, 11) is 3.07. The number of carbonyl (C=O) groups is 4. The van der Waals surface area contributed by atoms with Crippen LogP contribution >= 0.6 is 0 Å². The van der Waals surface area contributed by atoms with Gasteiger partial charge < -0.3 is 35.1 Å². The van der Waals surface area contributed by atoms with E-state index >= 15 is 0 Å². The molecule has 3 rings (SSSR count). The number of aliphatic carboxylic acids is 1. The van der Waals surface area contributed by atoms with E-state index in [1.807, 2.05) is 25.1 Å². The van der Waals surface area contributed by atoms with Gasteiger partial charge in [0.1, 0.15) is 17.6 Å². The third-order valence-corrected chi connectivity index (χ3v) is 6.06. The number of aryl methyl sites for hydroxylation is 2. The number of hydrogen-bond acceptors (Lipinski definition) is 7. The molecule has 4 amide bonds. The average Bonchev–Trinajstić information content (AvgIpc) is 3.23. The van der Waals surface area contributed by atoms with Crippen molar-refractivity contribution in [2.75, 3.05) is 24.8 Å². The number of rotatable bonds is 11. The number of hydrogen-bond donors (Lipinski definition) is 4. The van der Waals surface area contributed by atoms with Gasteiger partial charge in [0, 0.05) is 26.1 Å². The van der Waals surface area contributed by atoms with E-state index in [1.165, 1.54) is 18.9 Å². The number of ether oxygens (including phenoxy) is 1. The van der Waals surface area contributed by atoms with Crippen molar-refractivity contribution in [1.82, 2.24) is 15.2 Å². The summed E-state index contributed by atoms with van der Waals surface area (Å²) in [6.45, 7) is 4.86. The van der Waals surface area contributed by atoms with Crippen LogP contribution in [0.25, 0.3) is 0 Å². The Labute approximate surface area is 231 Å². The summed E-state index contributed by atoms with van der Waals surface area (Å²) in [6, 6.07) is 10.9. The average molecular weight is 552 g/mol. The Hall–Kier alpha value is -4.87. The normalized spacial score (nSPS) is 11.3. The van der Waals surface area contributed by atoms with Crippen molar-refractivity contribution in [2.45, 2.75) is 46.2 Å². The van der Waals surface area contributed by atoms with Crippen LogP contribution in [0.4, 0.5) is 16.2 Å². The molecule has 12 heteroatoms. The minimum Gasteiger partial charge on any atom is -0.495 e. The molecular formula is C28H33N5O7. The fourth-order valence-electron chi connectivity index (χ4n) is 3.91. The second-order valence-electron chi connectivity index (χ2n) is 9.27. The first-order chi connectivity index (χ1) is 19.0. The SMILES string of the molecule is COc1cc(CC(=O)N(C)Cc2nc(C)c(CC(NC(C)=O)C(=O)O)o2)ccc1NC(=O)Nc1ccccc1C. The number of nitrogens with zero attached hydrogens (tertiary/aromatic N) is 2. The molecule has 40 heavy (non-hydrogen) atoms. The molecule has 1 unspecified atom stereocenters. The zero-order valence-electron chi connectivity index (χ0n) is 23.0. The second-order valence-corrected chi connectivity index (χ2v) is 9.27. The van der Waals surface area contributed by atoms with E-state index in [1.54, 1.807) is 38.2 Å². The van der Waals surface area contributed by atoms with Crippen molar-refractivity contribution < 1.29 is 33.4 Å². The summed E-state index contributed by atoms with van der Waals surface area (Å²) in [4.78, 5) is 53.9. The van der Waals surface area contributed by atoms with Crippen LogP contribution in [-0.4, -0.2) is 59.0 Å². The van der Waals surface area contributed by atoms with Gasteiger partial charge in [0.25, 0.3) is 0 Å². The Balaban J connectivity index is 1.61. The predicted octanol–water partition coefficient (Wildman–Crippen LogP) is 3.28. The van der Waals surface area contributed by atoms with Gasteiger partial charge in [-0.3, -0.25) is 9.59 Å². The number of oxazole rings is 1. The van der Waals surface area contributed by atoms with Gasteiger partial charge in [-0.1, -0.05) is 24.3 Å². The van der Waals surface area contributed by atoms with E-state index in [0.717, 1.165) is 5.56 Å². The van der Waals surface area contributed by atoms with Crippen LogP contribution in [-0.2, 0) is 33.8 Å². The van der Waals surface area contributed by atoms with Gasteiger partial charge in [0.15, 0.2) is 0 Å². The molecule has 0 aliphatic rings. The molecule has 212 valence electrons. The molecule has 0 saturated heterocycles. The summed E-state index contributed by atoms with van der Waals surface area (Å²) in [5.41, 5.74) is 3.20. The number of benzene rings is 2. The van der Waals surface area contributed by atoms with Crippen LogP contribution in [0, 0.1) is 13.8 Å². The number of amides is 4. The topological polar surface area (TPSA) is 163 Å². The molecule has 1 atom stereocenters. The standard InChI is InChI=1S/C28H33N5O7/c1-16-8-6-7-9-20(16)31-28(38)32-21-11-10-19(12-24(21)39-5)13-26(35)33(4)15-25-29-17(2)23(40-25)14-22(27(36)37)30-18(3)34/h6-12,22H,13-15H2,1-5H3,(H,30,34)(H,36,37)(H2,31,32,38). The molecule has 0 bridgehead atoms. The number of aromatic nitrogens is 1. The highest BCUT2D eigenvalue weighted by atomic mass is 16.5. The lowest BCUT2D eigenvalue weighted by molar-refractivity contribution is -0.141. The fraction of sp³-hybridized carbons (Fsp3) is 0.321.